The molecular weight excluding hydrogens is 247 g/mol. The molecule has 0 spiro atoms. The smallest absolute Gasteiger partial charge is 0.259 e. The van der Waals surface area contributed by atoms with Gasteiger partial charge in [0.2, 0.25) is 0 Å². The van der Waals surface area contributed by atoms with E-state index in [-0.39, 0.29) is 11.7 Å². The quantitative estimate of drug-likeness (QED) is 0.909. The normalized spacial score (nSPS) is 10.5. The van der Waals surface area contributed by atoms with E-state index in [2.05, 4.69) is 5.10 Å². The minimum absolute atomic E-state index is 0.213. The van der Waals surface area contributed by atoms with E-state index in [0.29, 0.717) is 17.9 Å². The maximum Gasteiger partial charge on any atom is 0.259 e. The van der Waals surface area contributed by atoms with Crippen molar-refractivity contribution >= 4 is 11.7 Å². The van der Waals surface area contributed by atoms with Gasteiger partial charge in [0.25, 0.3) is 5.91 Å². The Labute approximate surface area is 110 Å². The summed E-state index contributed by atoms with van der Waals surface area (Å²) in [6, 6.07) is 6.02. The Morgan fingerprint density at radius 1 is 1.42 bits per heavy atom. The maximum absolute atomic E-state index is 12.8. The first kappa shape index (κ1) is 13.1. The summed E-state index contributed by atoms with van der Waals surface area (Å²) in [7, 11) is 3.34. The van der Waals surface area contributed by atoms with E-state index in [1.165, 1.54) is 27.9 Å². The molecule has 0 fully saturated rings. The van der Waals surface area contributed by atoms with E-state index >= 15 is 0 Å². The van der Waals surface area contributed by atoms with Gasteiger partial charge >= 0.3 is 0 Å². The highest BCUT2D eigenvalue weighted by atomic mass is 19.1. The number of nitrogens with two attached hydrogens (primary N) is 1. The van der Waals surface area contributed by atoms with Gasteiger partial charge in [-0.05, 0) is 17.7 Å². The van der Waals surface area contributed by atoms with E-state index in [1.54, 1.807) is 26.2 Å². The molecule has 2 rings (SSSR count). The number of aryl methyl sites for hydroxylation is 1. The van der Waals surface area contributed by atoms with Gasteiger partial charge in [0.1, 0.15) is 17.2 Å². The highest BCUT2D eigenvalue weighted by molar-refractivity contribution is 5.98. The van der Waals surface area contributed by atoms with Crippen LogP contribution in [0.25, 0.3) is 0 Å². The second kappa shape index (κ2) is 5.09. The van der Waals surface area contributed by atoms with Crippen LogP contribution < -0.4 is 5.73 Å². The predicted molar refractivity (Wildman–Crippen MR) is 69.8 cm³/mol. The molecule has 6 heteroatoms. The number of anilines is 1. The van der Waals surface area contributed by atoms with Gasteiger partial charge in [-0.1, -0.05) is 12.1 Å². The lowest BCUT2D eigenvalue weighted by Crippen LogP contribution is -2.26. The number of amides is 1. The standard InChI is InChI=1S/C13H15FN4O/c1-17(8-9-3-5-10(14)6-4-9)13(19)11-7-16-18(2)12(11)15/h3-7H,8,15H2,1-2H3. The highest BCUT2D eigenvalue weighted by Crippen LogP contribution is 2.14. The molecule has 0 aliphatic heterocycles. The zero-order chi connectivity index (χ0) is 14.0. The lowest BCUT2D eigenvalue weighted by molar-refractivity contribution is 0.0786. The summed E-state index contributed by atoms with van der Waals surface area (Å²) in [5.74, 6) is -0.180. The molecule has 0 atom stereocenters. The van der Waals surface area contributed by atoms with Gasteiger partial charge < -0.3 is 10.6 Å². The summed E-state index contributed by atoms with van der Waals surface area (Å²) in [5, 5.41) is 3.93. The minimum atomic E-state index is -0.297. The number of hydrogen-bond donors (Lipinski definition) is 1. The molecule has 0 saturated heterocycles. The molecule has 0 unspecified atom stereocenters. The monoisotopic (exact) mass is 262 g/mol. The summed E-state index contributed by atoms with van der Waals surface area (Å²) >= 11 is 0. The fourth-order valence-electron chi connectivity index (χ4n) is 1.75. The zero-order valence-corrected chi connectivity index (χ0v) is 10.8. The number of halogens is 1. The Balaban J connectivity index is 2.11. The molecule has 0 bridgehead atoms. The summed E-state index contributed by atoms with van der Waals surface area (Å²) in [4.78, 5) is 13.7. The van der Waals surface area contributed by atoms with Crippen molar-refractivity contribution in [1.29, 1.82) is 0 Å². The molecule has 1 amide bonds. The first-order chi connectivity index (χ1) is 8.99. The molecule has 19 heavy (non-hydrogen) atoms. The van der Waals surface area contributed by atoms with Gasteiger partial charge in [0.15, 0.2) is 0 Å². The van der Waals surface area contributed by atoms with E-state index < -0.39 is 0 Å². The van der Waals surface area contributed by atoms with E-state index in [1.807, 2.05) is 0 Å². The van der Waals surface area contributed by atoms with Crippen LogP contribution in [0.1, 0.15) is 15.9 Å². The molecular formula is C13H15FN4O. The van der Waals surface area contributed by atoms with Crippen molar-refractivity contribution in [3.05, 3.63) is 47.4 Å². The van der Waals surface area contributed by atoms with Crippen molar-refractivity contribution in [3.8, 4) is 0 Å². The Morgan fingerprint density at radius 3 is 2.58 bits per heavy atom. The van der Waals surface area contributed by atoms with Crippen LogP contribution in [-0.4, -0.2) is 27.6 Å². The molecule has 1 aromatic carbocycles. The second-order valence-corrected chi connectivity index (χ2v) is 4.35. The van der Waals surface area contributed by atoms with Crippen LogP contribution in [0.2, 0.25) is 0 Å². The van der Waals surface area contributed by atoms with Gasteiger partial charge in [0, 0.05) is 20.6 Å². The third-order valence-electron chi connectivity index (χ3n) is 2.89. The maximum atomic E-state index is 12.8. The second-order valence-electron chi connectivity index (χ2n) is 4.35. The van der Waals surface area contributed by atoms with Crippen LogP contribution in [0.4, 0.5) is 10.2 Å². The molecule has 0 saturated carbocycles. The third-order valence-corrected chi connectivity index (χ3v) is 2.89. The molecule has 2 aromatic rings. The van der Waals surface area contributed by atoms with Crippen molar-refractivity contribution < 1.29 is 9.18 Å². The van der Waals surface area contributed by atoms with Gasteiger partial charge in [-0.25, -0.2) is 4.39 Å². The molecule has 2 N–H and O–H groups in total. The fourth-order valence-corrected chi connectivity index (χ4v) is 1.75. The molecule has 0 aliphatic rings. The number of carbonyl (C=O) groups is 1. The summed E-state index contributed by atoms with van der Waals surface area (Å²) in [6.45, 7) is 0.382. The van der Waals surface area contributed by atoms with E-state index in [0.717, 1.165) is 5.56 Å². The Kier molecular flexibility index (Phi) is 3.50. The number of carbonyl (C=O) groups excluding carboxylic acids is 1. The number of hydrogen-bond acceptors (Lipinski definition) is 3. The molecule has 1 heterocycles. The lowest BCUT2D eigenvalue weighted by atomic mass is 10.2. The Hall–Kier alpha value is -2.37. The predicted octanol–water partition coefficient (Wildman–Crippen LogP) is 1.41. The van der Waals surface area contributed by atoms with Crippen LogP contribution in [0, 0.1) is 5.82 Å². The Bertz CT molecular complexity index is 591. The summed E-state index contributed by atoms with van der Waals surface area (Å²) < 4.78 is 14.2. The number of benzene rings is 1. The average molecular weight is 262 g/mol. The summed E-state index contributed by atoms with van der Waals surface area (Å²) in [6.07, 6.45) is 1.44. The van der Waals surface area contributed by atoms with Crippen LogP contribution >= 0.6 is 0 Å². The first-order valence-electron chi connectivity index (χ1n) is 5.76. The molecule has 5 nitrogen and oxygen atoms in total. The zero-order valence-electron chi connectivity index (χ0n) is 10.8. The Morgan fingerprint density at radius 2 is 2.05 bits per heavy atom. The van der Waals surface area contributed by atoms with Gasteiger partial charge in [-0.3, -0.25) is 9.48 Å². The van der Waals surface area contributed by atoms with Gasteiger partial charge in [0.05, 0.1) is 6.20 Å². The minimum Gasteiger partial charge on any atom is -0.383 e. The third kappa shape index (κ3) is 2.73. The SMILES string of the molecule is CN(Cc1ccc(F)cc1)C(=O)c1cnn(C)c1N. The number of aromatic nitrogens is 2. The largest absolute Gasteiger partial charge is 0.383 e. The van der Waals surface area contributed by atoms with Crippen LogP contribution in [0.15, 0.2) is 30.5 Å². The number of nitrogen functional groups attached to an aromatic ring is 1. The van der Waals surface area contributed by atoms with Crippen molar-refractivity contribution in [2.24, 2.45) is 7.05 Å². The lowest BCUT2D eigenvalue weighted by Gasteiger charge is -2.16. The number of nitrogens with zero attached hydrogens (tertiary/aromatic N) is 3. The fraction of sp³-hybridized carbons (Fsp3) is 0.231. The average Bonchev–Trinajstić information content (AvgIpc) is 2.72. The van der Waals surface area contributed by atoms with Crippen LogP contribution in [0.5, 0.6) is 0 Å². The summed E-state index contributed by atoms with van der Waals surface area (Å²) in [5.41, 5.74) is 6.97. The highest BCUT2D eigenvalue weighted by Gasteiger charge is 2.17. The topological polar surface area (TPSA) is 64.2 Å². The number of rotatable bonds is 3. The van der Waals surface area contributed by atoms with E-state index in [4.69, 9.17) is 5.73 Å². The van der Waals surface area contributed by atoms with E-state index in [9.17, 15) is 9.18 Å². The van der Waals surface area contributed by atoms with Crippen LogP contribution in [0.3, 0.4) is 0 Å². The van der Waals surface area contributed by atoms with Gasteiger partial charge in [-0.2, -0.15) is 5.10 Å². The van der Waals surface area contributed by atoms with Crippen molar-refractivity contribution in [2.75, 3.05) is 12.8 Å². The van der Waals surface area contributed by atoms with Crippen molar-refractivity contribution in [3.63, 3.8) is 0 Å². The van der Waals surface area contributed by atoms with Crippen LogP contribution in [-0.2, 0) is 13.6 Å². The van der Waals surface area contributed by atoms with Gasteiger partial charge in [-0.15, -0.1) is 0 Å². The molecule has 1 aromatic heterocycles. The molecule has 100 valence electrons. The first-order valence-corrected chi connectivity index (χ1v) is 5.76. The molecule has 0 radical (unpaired) electrons. The molecule has 0 aliphatic carbocycles. The van der Waals surface area contributed by atoms with Crippen molar-refractivity contribution in [1.82, 2.24) is 14.7 Å². The van der Waals surface area contributed by atoms with Crippen molar-refractivity contribution in [2.45, 2.75) is 6.54 Å².